The molecule has 1 amide bonds. The molecule has 2 heterocycles. The second kappa shape index (κ2) is 5.93. The standard InChI is InChI=1S/C13H19N3O2/c1-10(17)16-7-8-18-13(9-16)12-4-2-3-11(15-12)5-6-14/h2-4,13H,5-9,14H2,1H3. The lowest BCUT2D eigenvalue weighted by molar-refractivity contribution is -0.136. The summed E-state index contributed by atoms with van der Waals surface area (Å²) < 4.78 is 5.69. The summed E-state index contributed by atoms with van der Waals surface area (Å²) in [6.07, 6.45) is 0.636. The van der Waals surface area contributed by atoms with Crippen LogP contribution in [-0.2, 0) is 16.0 Å². The third kappa shape index (κ3) is 3.05. The zero-order valence-corrected chi connectivity index (χ0v) is 10.6. The first-order valence-electron chi connectivity index (χ1n) is 6.23. The summed E-state index contributed by atoms with van der Waals surface area (Å²) in [6, 6.07) is 5.86. The van der Waals surface area contributed by atoms with E-state index >= 15 is 0 Å². The van der Waals surface area contributed by atoms with Gasteiger partial charge in [0.2, 0.25) is 5.91 Å². The van der Waals surface area contributed by atoms with Gasteiger partial charge in [-0.3, -0.25) is 9.78 Å². The van der Waals surface area contributed by atoms with E-state index in [4.69, 9.17) is 10.5 Å². The van der Waals surface area contributed by atoms with Crippen molar-refractivity contribution in [3.63, 3.8) is 0 Å². The van der Waals surface area contributed by atoms with Gasteiger partial charge >= 0.3 is 0 Å². The predicted molar refractivity (Wildman–Crippen MR) is 67.9 cm³/mol. The number of amides is 1. The fraction of sp³-hybridized carbons (Fsp3) is 0.538. The van der Waals surface area contributed by atoms with Crippen molar-refractivity contribution >= 4 is 5.91 Å². The Bertz CT molecular complexity index is 422. The van der Waals surface area contributed by atoms with Crippen molar-refractivity contribution in [2.45, 2.75) is 19.4 Å². The number of rotatable bonds is 3. The van der Waals surface area contributed by atoms with Gasteiger partial charge in [-0.25, -0.2) is 0 Å². The number of aromatic nitrogens is 1. The molecule has 0 aromatic carbocycles. The summed E-state index contributed by atoms with van der Waals surface area (Å²) in [7, 11) is 0. The van der Waals surface area contributed by atoms with Crippen molar-refractivity contribution in [2.75, 3.05) is 26.2 Å². The molecule has 2 N–H and O–H groups in total. The molecule has 1 saturated heterocycles. The summed E-state index contributed by atoms with van der Waals surface area (Å²) in [5, 5.41) is 0. The van der Waals surface area contributed by atoms with Crippen molar-refractivity contribution in [3.8, 4) is 0 Å². The molecule has 0 aliphatic carbocycles. The minimum Gasteiger partial charge on any atom is -0.368 e. The van der Waals surface area contributed by atoms with Crippen LogP contribution in [0.15, 0.2) is 18.2 Å². The topological polar surface area (TPSA) is 68.5 Å². The summed E-state index contributed by atoms with van der Waals surface area (Å²) >= 11 is 0. The van der Waals surface area contributed by atoms with Crippen molar-refractivity contribution in [1.29, 1.82) is 0 Å². The summed E-state index contributed by atoms with van der Waals surface area (Å²) in [5.74, 6) is 0.0846. The number of nitrogens with two attached hydrogens (primary N) is 1. The lowest BCUT2D eigenvalue weighted by Gasteiger charge is -2.32. The van der Waals surface area contributed by atoms with E-state index in [-0.39, 0.29) is 12.0 Å². The molecule has 5 heteroatoms. The first kappa shape index (κ1) is 13.0. The normalized spacial score (nSPS) is 19.9. The Morgan fingerprint density at radius 1 is 1.61 bits per heavy atom. The lowest BCUT2D eigenvalue weighted by Crippen LogP contribution is -2.41. The second-order valence-corrected chi connectivity index (χ2v) is 4.42. The molecular weight excluding hydrogens is 230 g/mol. The van der Waals surface area contributed by atoms with Crippen LogP contribution < -0.4 is 5.73 Å². The molecule has 1 aliphatic rings. The van der Waals surface area contributed by atoms with E-state index in [1.165, 1.54) is 0 Å². The number of carbonyl (C=O) groups is 1. The molecule has 2 rings (SSSR count). The van der Waals surface area contributed by atoms with Gasteiger partial charge in [0.25, 0.3) is 0 Å². The maximum absolute atomic E-state index is 11.4. The fourth-order valence-corrected chi connectivity index (χ4v) is 2.08. The third-order valence-electron chi connectivity index (χ3n) is 3.07. The summed E-state index contributed by atoms with van der Waals surface area (Å²) in [4.78, 5) is 17.7. The summed E-state index contributed by atoms with van der Waals surface area (Å²) in [6.45, 7) is 3.97. The number of hydrogen-bond donors (Lipinski definition) is 1. The van der Waals surface area contributed by atoms with Gasteiger partial charge in [-0.1, -0.05) is 6.07 Å². The predicted octanol–water partition coefficient (Wildman–Crippen LogP) is 0.503. The molecule has 0 bridgehead atoms. The molecule has 1 unspecified atom stereocenters. The third-order valence-corrected chi connectivity index (χ3v) is 3.07. The Morgan fingerprint density at radius 3 is 3.17 bits per heavy atom. The van der Waals surface area contributed by atoms with Gasteiger partial charge < -0.3 is 15.4 Å². The van der Waals surface area contributed by atoms with Crippen LogP contribution >= 0.6 is 0 Å². The Hall–Kier alpha value is -1.46. The minimum absolute atomic E-state index is 0.0846. The Morgan fingerprint density at radius 2 is 2.44 bits per heavy atom. The zero-order valence-electron chi connectivity index (χ0n) is 10.6. The molecule has 1 aliphatic heterocycles. The molecule has 0 radical (unpaired) electrons. The van der Waals surface area contributed by atoms with Gasteiger partial charge in [0.1, 0.15) is 6.10 Å². The van der Waals surface area contributed by atoms with Gasteiger partial charge in [-0.15, -0.1) is 0 Å². The highest BCUT2D eigenvalue weighted by Crippen LogP contribution is 2.20. The van der Waals surface area contributed by atoms with E-state index in [0.29, 0.717) is 26.2 Å². The van der Waals surface area contributed by atoms with Crippen molar-refractivity contribution < 1.29 is 9.53 Å². The SMILES string of the molecule is CC(=O)N1CCOC(c2cccc(CCN)n2)C1. The number of nitrogens with zero attached hydrogens (tertiary/aromatic N) is 2. The van der Waals surface area contributed by atoms with Gasteiger partial charge in [-0.2, -0.15) is 0 Å². The molecule has 18 heavy (non-hydrogen) atoms. The van der Waals surface area contributed by atoms with Gasteiger partial charge in [0.05, 0.1) is 18.8 Å². The first-order valence-corrected chi connectivity index (χ1v) is 6.23. The highest BCUT2D eigenvalue weighted by molar-refractivity contribution is 5.73. The average molecular weight is 249 g/mol. The Balaban J connectivity index is 2.10. The monoisotopic (exact) mass is 249 g/mol. The molecular formula is C13H19N3O2. The zero-order chi connectivity index (χ0) is 13.0. The highest BCUT2D eigenvalue weighted by Gasteiger charge is 2.24. The summed E-state index contributed by atoms with van der Waals surface area (Å²) in [5.41, 5.74) is 7.38. The van der Waals surface area contributed by atoms with Crippen LogP contribution in [0.1, 0.15) is 24.4 Å². The minimum atomic E-state index is -0.125. The largest absolute Gasteiger partial charge is 0.368 e. The average Bonchev–Trinajstić information content (AvgIpc) is 2.39. The van der Waals surface area contributed by atoms with E-state index in [1.807, 2.05) is 18.2 Å². The number of morpholine rings is 1. The van der Waals surface area contributed by atoms with E-state index in [2.05, 4.69) is 4.98 Å². The van der Waals surface area contributed by atoms with Crippen molar-refractivity contribution in [1.82, 2.24) is 9.88 Å². The second-order valence-electron chi connectivity index (χ2n) is 4.42. The van der Waals surface area contributed by atoms with Crippen LogP contribution in [0, 0.1) is 0 Å². The van der Waals surface area contributed by atoms with Gasteiger partial charge in [-0.05, 0) is 18.7 Å². The van der Waals surface area contributed by atoms with E-state index in [1.54, 1.807) is 11.8 Å². The highest BCUT2D eigenvalue weighted by atomic mass is 16.5. The molecule has 1 fully saturated rings. The molecule has 5 nitrogen and oxygen atoms in total. The Labute approximate surface area is 107 Å². The molecule has 1 atom stereocenters. The van der Waals surface area contributed by atoms with Gasteiger partial charge in [0, 0.05) is 25.6 Å². The number of hydrogen-bond acceptors (Lipinski definition) is 4. The number of carbonyl (C=O) groups excluding carboxylic acids is 1. The fourth-order valence-electron chi connectivity index (χ4n) is 2.08. The number of ether oxygens (including phenoxy) is 1. The molecule has 1 aromatic heterocycles. The van der Waals surface area contributed by atoms with Crippen molar-refractivity contribution in [2.24, 2.45) is 5.73 Å². The maximum atomic E-state index is 11.4. The first-order chi connectivity index (χ1) is 8.70. The quantitative estimate of drug-likeness (QED) is 0.847. The maximum Gasteiger partial charge on any atom is 0.219 e. The molecule has 0 spiro atoms. The van der Waals surface area contributed by atoms with Gasteiger partial charge in [0.15, 0.2) is 0 Å². The smallest absolute Gasteiger partial charge is 0.219 e. The van der Waals surface area contributed by atoms with Crippen LogP contribution in [-0.4, -0.2) is 42.0 Å². The molecule has 98 valence electrons. The van der Waals surface area contributed by atoms with Crippen LogP contribution in [0.3, 0.4) is 0 Å². The van der Waals surface area contributed by atoms with Crippen LogP contribution in [0.4, 0.5) is 0 Å². The van der Waals surface area contributed by atoms with Crippen LogP contribution in [0.2, 0.25) is 0 Å². The lowest BCUT2D eigenvalue weighted by atomic mass is 10.1. The Kier molecular flexibility index (Phi) is 4.28. The van der Waals surface area contributed by atoms with Crippen molar-refractivity contribution in [3.05, 3.63) is 29.6 Å². The number of pyridine rings is 1. The van der Waals surface area contributed by atoms with E-state index in [0.717, 1.165) is 17.8 Å². The van der Waals surface area contributed by atoms with Crippen LogP contribution in [0.25, 0.3) is 0 Å². The molecule has 1 aromatic rings. The van der Waals surface area contributed by atoms with Crippen LogP contribution in [0.5, 0.6) is 0 Å². The van der Waals surface area contributed by atoms with E-state index < -0.39 is 0 Å². The molecule has 0 saturated carbocycles. The van der Waals surface area contributed by atoms with E-state index in [9.17, 15) is 4.79 Å².